The van der Waals surface area contributed by atoms with E-state index in [1.807, 2.05) is 42.5 Å². The fraction of sp³-hybridized carbons (Fsp3) is 0.200. The maximum Gasteiger partial charge on any atom is 0.137 e. The Labute approximate surface area is 117 Å². The third kappa shape index (κ3) is 3.47. The molecule has 0 aliphatic carbocycles. The first kappa shape index (κ1) is 13.9. The van der Waals surface area contributed by atoms with Gasteiger partial charge in [-0.05, 0) is 23.8 Å². The molecule has 2 aromatic rings. The summed E-state index contributed by atoms with van der Waals surface area (Å²) in [4.78, 5) is 0. The van der Waals surface area contributed by atoms with Crippen LogP contribution in [0.1, 0.15) is 17.2 Å². The first-order valence-electron chi connectivity index (χ1n) is 6.05. The highest BCUT2D eigenvalue weighted by Crippen LogP contribution is 2.27. The highest BCUT2D eigenvalue weighted by atomic mass is 35.5. The molecule has 19 heavy (non-hydrogen) atoms. The second-order valence-electron chi connectivity index (χ2n) is 4.17. The van der Waals surface area contributed by atoms with E-state index < -0.39 is 0 Å². The molecule has 0 radical (unpaired) electrons. The van der Waals surface area contributed by atoms with Crippen LogP contribution in [0.2, 0.25) is 5.02 Å². The van der Waals surface area contributed by atoms with Crippen molar-refractivity contribution in [3.8, 4) is 5.75 Å². The molecule has 3 N–H and O–H groups in total. The van der Waals surface area contributed by atoms with Crippen LogP contribution >= 0.6 is 11.6 Å². The summed E-state index contributed by atoms with van der Waals surface area (Å²) < 4.78 is 5.85. The van der Waals surface area contributed by atoms with Crippen molar-refractivity contribution in [2.75, 3.05) is 6.54 Å². The molecule has 0 heterocycles. The molecule has 0 bridgehead atoms. The maximum atomic E-state index is 9.11. The molecule has 0 saturated heterocycles. The largest absolute Gasteiger partial charge is 0.484 e. The Kier molecular flexibility index (Phi) is 4.80. The lowest BCUT2D eigenvalue weighted by Gasteiger charge is -2.19. The Morgan fingerprint density at radius 3 is 2.63 bits per heavy atom. The third-order valence-electron chi connectivity index (χ3n) is 2.83. The number of hydrogen-bond donors (Lipinski definition) is 2. The zero-order valence-electron chi connectivity index (χ0n) is 10.4. The molecule has 0 fully saturated rings. The molecule has 0 aliphatic rings. The quantitative estimate of drug-likeness (QED) is 0.883. The molecule has 2 rings (SSSR count). The van der Waals surface area contributed by atoms with Gasteiger partial charge in [0.15, 0.2) is 0 Å². The third-order valence-corrected chi connectivity index (χ3v) is 3.17. The number of ether oxygens (including phenoxy) is 1. The molecule has 0 aromatic heterocycles. The summed E-state index contributed by atoms with van der Waals surface area (Å²) in [5.41, 5.74) is 7.42. The fourth-order valence-electron chi connectivity index (χ4n) is 1.86. The summed E-state index contributed by atoms with van der Waals surface area (Å²) in [6.45, 7) is 0.309. The lowest BCUT2D eigenvalue weighted by atomic mass is 10.1. The van der Waals surface area contributed by atoms with Gasteiger partial charge < -0.3 is 15.6 Å². The van der Waals surface area contributed by atoms with E-state index in [-0.39, 0.29) is 12.7 Å². The van der Waals surface area contributed by atoms with Gasteiger partial charge in [-0.25, -0.2) is 0 Å². The summed E-state index contributed by atoms with van der Waals surface area (Å²) >= 11 is 6.15. The summed E-state index contributed by atoms with van der Waals surface area (Å²) in [5, 5.41) is 9.75. The van der Waals surface area contributed by atoms with Gasteiger partial charge in [-0.1, -0.05) is 41.9 Å². The molecule has 3 nitrogen and oxygen atoms in total. The van der Waals surface area contributed by atoms with Crippen LogP contribution in [0.25, 0.3) is 0 Å². The zero-order chi connectivity index (χ0) is 13.7. The second kappa shape index (κ2) is 6.57. The number of hydrogen-bond acceptors (Lipinski definition) is 3. The minimum Gasteiger partial charge on any atom is -0.484 e. The topological polar surface area (TPSA) is 55.5 Å². The van der Waals surface area contributed by atoms with Crippen LogP contribution in [0.3, 0.4) is 0 Å². The lowest BCUT2D eigenvalue weighted by molar-refractivity contribution is 0.213. The van der Waals surface area contributed by atoms with Crippen LogP contribution in [0, 0.1) is 0 Å². The summed E-state index contributed by atoms with van der Waals surface area (Å²) in [6.07, 6.45) is -0.303. The number of rotatable bonds is 5. The SMILES string of the molecule is NCC(Oc1cccc(CO)c1)c1ccccc1Cl. The Balaban J connectivity index is 2.21. The van der Waals surface area contributed by atoms with E-state index in [1.54, 1.807) is 6.07 Å². The molecule has 2 aromatic carbocycles. The molecule has 1 unspecified atom stereocenters. The van der Waals surface area contributed by atoms with Crippen molar-refractivity contribution in [2.45, 2.75) is 12.7 Å². The normalized spacial score (nSPS) is 12.2. The van der Waals surface area contributed by atoms with E-state index in [2.05, 4.69) is 0 Å². The standard InChI is InChI=1S/C15H16ClNO2/c16-14-7-2-1-6-13(14)15(9-17)19-12-5-3-4-11(8-12)10-18/h1-8,15,18H,9-10,17H2. The minimum absolute atomic E-state index is 0.0173. The van der Waals surface area contributed by atoms with Gasteiger partial charge in [-0.3, -0.25) is 0 Å². The molecule has 0 aliphatic heterocycles. The van der Waals surface area contributed by atoms with Gasteiger partial charge in [0, 0.05) is 17.1 Å². The zero-order valence-corrected chi connectivity index (χ0v) is 11.2. The van der Waals surface area contributed by atoms with Gasteiger partial charge >= 0.3 is 0 Å². The average Bonchev–Trinajstić information content (AvgIpc) is 2.46. The lowest BCUT2D eigenvalue weighted by Crippen LogP contribution is -2.18. The van der Waals surface area contributed by atoms with Crippen molar-refractivity contribution in [1.82, 2.24) is 0 Å². The number of nitrogens with two attached hydrogens (primary N) is 1. The van der Waals surface area contributed by atoms with Gasteiger partial charge in [0.05, 0.1) is 6.61 Å². The van der Waals surface area contributed by atoms with Crippen LogP contribution in [0.5, 0.6) is 5.75 Å². The molecule has 1 atom stereocenters. The summed E-state index contributed by atoms with van der Waals surface area (Å²) in [6, 6.07) is 14.8. The highest BCUT2D eigenvalue weighted by molar-refractivity contribution is 6.31. The van der Waals surface area contributed by atoms with E-state index in [0.29, 0.717) is 17.3 Å². The first-order chi connectivity index (χ1) is 9.24. The molecule has 0 saturated carbocycles. The Morgan fingerprint density at radius 1 is 1.16 bits per heavy atom. The number of aliphatic hydroxyl groups is 1. The molecule has 100 valence electrons. The monoisotopic (exact) mass is 277 g/mol. The number of benzene rings is 2. The van der Waals surface area contributed by atoms with E-state index in [0.717, 1.165) is 11.1 Å². The van der Waals surface area contributed by atoms with Crippen molar-refractivity contribution >= 4 is 11.6 Å². The van der Waals surface area contributed by atoms with E-state index in [4.69, 9.17) is 27.2 Å². The molecular weight excluding hydrogens is 262 g/mol. The van der Waals surface area contributed by atoms with Crippen molar-refractivity contribution in [1.29, 1.82) is 0 Å². The van der Waals surface area contributed by atoms with E-state index >= 15 is 0 Å². The van der Waals surface area contributed by atoms with Crippen LogP contribution in [0.15, 0.2) is 48.5 Å². The van der Waals surface area contributed by atoms with Crippen LogP contribution < -0.4 is 10.5 Å². The van der Waals surface area contributed by atoms with Crippen molar-refractivity contribution in [2.24, 2.45) is 5.73 Å². The summed E-state index contributed by atoms with van der Waals surface area (Å²) in [7, 11) is 0. The van der Waals surface area contributed by atoms with Gasteiger partial charge in [0.2, 0.25) is 0 Å². The molecule has 0 amide bonds. The van der Waals surface area contributed by atoms with Crippen LogP contribution in [-0.2, 0) is 6.61 Å². The second-order valence-corrected chi connectivity index (χ2v) is 4.58. The number of aliphatic hydroxyl groups excluding tert-OH is 1. The molecular formula is C15H16ClNO2. The van der Waals surface area contributed by atoms with Crippen LogP contribution in [-0.4, -0.2) is 11.7 Å². The van der Waals surface area contributed by atoms with Crippen LogP contribution in [0.4, 0.5) is 0 Å². The molecule has 0 spiro atoms. The van der Waals surface area contributed by atoms with Gasteiger partial charge in [-0.2, -0.15) is 0 Å². The Morgan fingerprint density at radius 2 is 1.95 bits per heavy atom. The number of halogens is 1. The first-order valence-corrected chi connectivity index (χ1v) is 6.43. The van der Waals surface area contributed by atoms with Crippen molar-refractivity contribution in [3.05, 3.63) is 64.7 Å². The van der Waals surface area contributed by atoms with E-state index in [9.17, 15) is 0 Å². The average molecular weight is 278 g/mol. The van der Waals surface area contributed by atoms with Gasteiger partial charge in [0.1, 0.15) is 11.9 Å². The Bertz CT molecular complexity index is 545. The highest BCUT2D eigenvalue weighted by Gasteiger charge is 2.14. The van der Waals surface area contributed by atoms with Crippen molar-refractivity contribution < 1.29 is 9.84 Å². The molecule has 4 heteroatoms. The van der Waals surface area contributed by atoms with Gasteiger partial charge in [0.25, 0.3) is 0 Å². The predicted molar refractivity (Wildman–Crippen MR) is 76.2 cm³/mol. The van der Waals surface area contributed by atoms with Crippen molar-refractivity contribution in [3.63, 3.8) is 0 Å². The maximum absolute atomic E-state index is 9.11. The predicted octanol–water partition coefficient (Wildman–Crippen LogP) is 2.91. The smallest absolute Gasteiger partial charge is 0.137 e. The minimum atomic E-state index is -0.303. The fourth-order valence-corrected chi connectivity index (χ4v) is 2.11. The summed E-state index contributed by atoms with van der Waals surface area (Å²) in [5.74, 6) is 0.668. The van der Waals surface area contributed by atoms with E-state index in [1.165, 1.54) is 0 Å². The Hall–Kier alpha value is -1.55. The van der Waals surface area contributed by atoms with Gasteiger partial charge in [-0.15, -0.1) is 0 Å².